The summed E-state index contributed by atoms with van der Waals surface area (Å²) in [6.45, 7) is 4.02. The minimum absolute atomic E-state index is 0.00398. The fraction of sp³-hybridized carbons (Fsp3) is 0.333. The predicted molar refractivity (Wildman–Crippen MR) is 118 cm³/mol. The lowest BCUT2D eigenvalue weighted by atomic mass is 9.99. The summed E-state index contributed by atoms with van der Waals surface area (Å²) in [7, 11) is 1.60. The first-order chi connectivity index (χ1) is 14.7. The first-order valence-corrected chi connectivity index (χ1v) is 10.4. The van der Waals surface area contributed by atoms with E-state index in [0.717, 1.165) is 30.3 Å². The van der Waals surface area contributed by atoms with Gasteiger partial charge in [-0.15, -0.1) is 0 Å². The number of hydrogen-bond acceptors (Lipinski definition) is 4. The van der Waals surface area contributed by atoms with Crippen LogP contribution in [0.2, 0.25) is 0 Å². The minimum Gasteiger partial charge on any atom is -0.493 e. The first-order valence-electron chi connectivity index (χ1n) is 10.4. The summed E-state index contributed by atoms with van der Waals surface area (Å²) in [5.74, 6) is 1.28. The average molecular weight is 405 g/mol. The number of nitrogens with zero attached hydrogens (tertiary/aromatic N) is 2. The molecule has 2 aromatic heterocycles. The standard InChI is InChI=1S/C24H27N3O3/c1-3-4-14-30-21-8-7-18(15-22(21)29-2)24(28)27-12-9-17(10-13-27)20-16-26-23-19(20)6-5-11-25-23/h5-9,11,15-16H,3-4,10,12-14H2,1-2H3,(H,25,26). The molecule has 1 aromatic carbocycles. The zero-order valence-electron chi connectivity index (χ0n) is 17.5. The summed E-state index contributed by atoms with van der Waals surface area (Å²) in [6.07, 6.45) is 8.78. The minimum atomic E-state index is 0.00398. The molecule has 1 aliphatic heterocycles. The van der Waals surface area contributed by atoms with Crippen molar-refractivity contribution in [2.75, 3.05) is 26.8 Å². The third-order valence-corrected chi connectivity index (χ3v) is 5.46. The molecule has 3 heterocycles. The number of nitrogens with one attached hydrogen (secondary N) is 1. The van der Waals surface area contributed by atoms with Crippen molar-refractivity contribution in [1.82, 2.24) is 14.9 Å². The van der Waals surface area contributed by atoms with Gasteiger partial charge in [-0.2, -0.15) is 0 Å². The number of rotatable bonds is 7. The van der Waals surface area contributed by atoms with Crippen molar-refractivity contribution >= 4 is 22.5 Å². The molecule has 0 saturated heterocycles. The second-order valence-corrected chi connectivity index (χ2v) is 7.40. The fourth-order valence-electron chi connectivity index (χ4n) is 3.75. The lowest BCUT2D eigenvalue weighted by Crippen LogP contribution is -2.34. The van der Waals surface area contributed by atoms with E-state index in [0.29, 0.717) is 36.8 Å². The van der Waals surface area contributed by atoms with Crippen LogP contribution in [-0.2, 0) is 0 Å². The van der Waals surface area contributed by atoms with Crippen LogP contribution >= 0.6 is 0 Å². The molecule has 30 heavy (non-hydrogen) atoms. The van der Waals surface area contributed by atoms with Crippen molar-refractivity contribution in [3.8, 4) is 11.5 Å². The molecule has 6 nitrogen and oxygen atoms in total. The average Bonchev–Trinajstić information content (AvgIpc) is 3.23. The van der Waals surface area contributed by atoms with Gasteiger partial charge in [0.2, 0.25) is 0 Å². The summed E-state index contributed by atoms with van der Waals surface area (Å²) in [6, 6.07) is 9.43. The second kappa shape index (κ2) is 9.03. The van der Waals surface area contributed by atoms with E-state index in [9.17, 15) is 4.79 Å². The maximum absolute atomic E-state index is 13.0. The number of amides is 1. The molecule has 1 amide bonds. The van der Waals surface area contributed by atoms with E-state index in [1.807, 2.05) is 29.3 Å². The van der Waals surface area contributed by atoms with Crippen molar-refractivity contribution in [1.29, 1.82) is 0 Å². The van der Waals surface area contributed by atoms with Crippen LogP contribution in [0.4, 0.5) is 0 Å². The molecular formula is C24H27N3O3. The van der Waals surface area contributed by atoms with Crippen LogP contribution in [0.5, 0.6) is 11.5 Å². The Kier molecular flexibility index (Phi) is 6.02. The largest absolute Gasteiger partial charge is 0.493 e. The van der Waals surface area contributed by atoms with E-state index in [2.05, 4.69) is 29.0 Å². The Morgan fingerprint density at radius 2 is 2.17 bits per heavy atom. The summed E-state index contributed by atoms with van der Waals surface area (Å²) in [4.78, 5) is 22.5. The number of hydrogen-bond donors (Lipinski definition) is 1. The normalized spacial score (nSPS) is 13.9. The van der Waals surface area contributed by atoms with Gasteiger partial charge in [-0.05, 0) is 48.7 Å². The number of pyridine rings is 1. The number of fused-ring (bicyclic) bond motifs is 1. The number of H-pyrrole nitrogens is 1. The van der Waals surface area contributed by atoms with Gasteiger partial charge in [0.05, 0.1) is 13.7 Å². The smallest absolute Gasteiger partial charge is 0.254 e. The zero-order chi connectivity index (χ0) is 20.9. The van der Waals surface area contributed by atoms with E-state index in [4.69, 9.17) is 9.47 Å². The van der Waals surface area contributed by atoms with Crippen LogP contribution in [0.3, 0.4) is 0 Å². The van der Waals surface area contributed by atoms with Crippen LogP contribution in [0, 0.1) is 0 Å². The van der Waals surface area contributed by atoms with Crippen molar-refractivity contribution in [2.45, 2.75) is 26.2 Å². The number of ether oxygens (including phenoxy) is 2. The van der Waals surface area contributed by atoms with Gasteiger partial charge in [0.1, 0.15) is 5.65 Å². The number of aromatic nitrogens is 2. The molecule has 0 spiro atoms. The predicted octanol–water partition coefficient (Wildman–Crippen LogP) is 4.68. The van der Waals surface area contributed by atoms with Crippen molar-refractivity contribution in [3.05, 3.63) is 59.9 Å². The summed E-state index contributed by atoms with van der Waals surface area (Å²) < 4.78 is 11.2. The maximum Gasteiger partial charge on any atom is 0.254 e. The Labute approximate surface area is 176 Å². The highest BCUT2D eigenvalue weighted by Crippen LogP contribution is 2.31. The number of methoxy groups -OCH3 is 1. The zero-order valence-corrected chi connectivity index (χ0v) is 17.5. The van der Waals surface area contributed by atoms with Crippen molar-refractivity contribution < 1.29 is 14.3 Å². The van der Waals surface area contributed by atoms with Gasteiger partial charge in [-0.1, -0.05) is 19.4 Å². The van der Waals surface area contributed by atoms with Crippen LogP contribution < -0.4 is 9.47 Å². The Morgan fingerprint density at radius 1 is 1.27 bits per heavy atom. The molecule has 1 aliphatic rings. The molecule has 0 fully saturated rings. The van der Waals surface area contributed by atoms with Crippen LogP contribution in [-0.4, -0.2) is 47.6 Å². The highest BCUT2D eigenvalue weighted by molar-refractivity contribution is 5.96. The Hall–Kier alpha value is -3.28. The van der Waals surface area contributed by atoms with Gasteiger partial charge < -0.3 is 19.4 Å². The number of carbonyl (C=O) groups is 1. The fourth-order valence-corrected chi connectivity index (χ4v) is 3.75. The molecular weight excluding hydrogens is 378 g/mol. The molecule has 3 aromatic rings. The number of unbranched alkanes of at least 4 members (excludes halogenated alkanes) is 1. The van der Waals surface area contributed by atoms with E-state index < -0.39 is 0 Å². The topological polar surface area (TPSA) is 67.5 Å². The third kappa shape index (κ3) is 4.03. The van der Waals surface area contributed by atoms with Crippen LogP contribution in [0.15, 0.2) is 48.8 Å². The van der Waals surface area contributed by atoms with E-state index in [1.165, 1.54) is 11.1 Å². The summed E-state index contributed by atoms with van der Waals surface area (Å²) in [5.41, 5.74) is 3.92. The molecule has 1 N–H and O–H groups in total. The molecule has 0 bridgehead atoms. The van der Waals surface area contributed by atoms with E-state index in [-0.39, 0.29) is 5.91 Å². The van der Waals surface area contributed by atoms with Gasteiger partial charge in [0, 0.05) is 42.0 Å². The molecule has 6 heteroatoms. The van der Waals surface area contributed by atoms with Gasteiger partial charge in [0.15, 0.2) is 11.5 Å². The maximum atomic E-state index is 13.0. The van der Waals surface area contributed by atoms with E-state index in [1.54, 1.807) is 19.4 Å². The molecule has 156 valence electrons. The SMILES string of the molecule is CCCCOc1ccc(C(=O)N2CC=C(c3c[nH]c4ncccc34)CC2)cc1OC. The van der Waals surface area contributed by atoms with Crippen LogP contribution in [0.1, 0.15) is 42.1 Å². The molecule has 0 atom stereocenters. The lowest BCUT2D eigenvalue weighted by Gasteiger charge is -2.27. The highest BCUT2D eigenvalue weighted by Gasteiger charge is 2.22. The monoisotopic (exact) mass is 405 g/mol. The number of benzene rings is 1. The summed E-state index contributed by atoms with van der Waals surface area (Å²) >= 11 is 0. The molecule has 0 radical (unpaired) electrons. The van der Waals surface area contributed by atoms with Crippen molar-refractivity contribution in [3.63, 3.8) is 0 Å². The molecule has 0 unspecified atom stereocenters. The Morgan fingerprint density at radius 3 is 2.93 bits per heavy atom. The summed E-state index contributed by atoms with van der Waals surface area (Å²) in [5, 5.41) is 1.12. The number of aromatic amines is 1. The quantitative estimate of drug-likeness (QED) is 0.580. The van der Waals surface area contributed by atoms with Gasteiger partial charge in [-0.25, -0.2) is 4.98 Å². The van der Waals surface area contributed by atoms with Gasteiger partial charge >= 0.3 is 0 Å². The van der Waals surface area contributed by atoms with E-state index >= 15 is 0 Å². The highest BCUT2D eigenvalue weighted by atomic mass is 16.5. The molecule has 0 aliphatic carbocycles. The second-order valence-electron chi connectivity index (χ2n) is 7.40. The molecule has 4 rings (SSSR count). The Balaban J connectivity index is 1.47. The third-order valence-electron chi connectivity index (χ3n) is 5.46. The number of carbonyl (C=O) groups excluding carboxylic acids is 1. The lowest BCUT2D eigenvalue weighted by molar-refractivity contribution is 0.0772. The molecule has 0 saturated carbocycles. The van der Waals surface area contributed by atoms with Gasteiger partial charge in [0.25, 0.3) is 5.91 Å². The Bertz CT molecular complexity index is 1070. The first kappa shape index (κ1) is 20.0. The van der Waals surface area contributed by atoms with Crippen LogP contribution in [0.25, 0.3) is 16.6 Å². The van der Waals surface area contributed by atoms with Gasteiger partial charge in [-0.3, -0.25) is 4.79 Å². The van der Waals surface area contributed by atoms with Crippen molar-refractivity contribution in [2.24, 2.45) is 0 Å².